The van der Waals surface area contributed by atoms with Crippen LogP contribution in [0.1, 0.15) is 5.56 Å². The number of Topliss-reactive ketones (excluding diaryl/α,β-unsaturated/α-hetero) is 1. The summed E-state index contributed by atoms with van der Waals surface area (Å²) in [6, 6.07) is 7.24. The van der Waals surface area contributed by atoms with Crippen LogP contribution >= 0.6 is 0 Å². The average Bonchev–Trinajstić information content (AvgIpc) is 2.27. The summed E-state index contributed by atoms with van der Waals surface area (Å²) in [5.41, 5.74) is 1.39. The van der Waals surface area contributed by atoms with Crippen molar-refractivity contribution >= 4 is 23.2 Å². The van der Waals surface area contributed by atoms with E-state index >= 15 is 0 Å². The molecule has 0 unspecified atom stereocenters. The van der Waals surface area contributed by atoms with Gasteiger partial charge < -0.3 is 4.74 Å². The Morgan fingerprint density at radius 1 is 1.40 bits per heavy atom. The lowest BCUT2D eigenvalue weighted by molar-refractivity contribution is -0.133. The topological polar surface area (TPSA) is 55.7 Å². The first-order valence-electron chi connectivity index (χ1n) is 4.50. The Morgan fingerprint density at radius 2 is 2.13 bits per heavy atom. The Kier molecular flexibility index (Phi) is 2.33. The van der Waals surface area contributed by atoms with E-state index in [0.717, 1.165) is 5.56 Å². The van der Waals surface area contributed by atoms with Crippen LogP contribution in [0.15, 0.2) is 29.3 Å². The van der Waals surface area contributed by atoms with E-state index in [4.69, 9.17) is 0 Å². The monoisotopic (exact) mass is 203 g/mol. The van der Waals surface area contributed by atoms with Gasteiger partial charge >= 0.3 is 5.97 Å². The van der Waals surface area contributed by atoms with E-state index in [1.807, 2.05) is 18.2 Å². The van der Waals surface area contributed by atoms with Crippen molar-refractivity contribution in [2.24, 2.45) is 4.99 Å². The van der Waals surface area contributed by atoms with Gasteiger partial charge in [0.1, 0.15) is 0 Å². The lowest BCUT2D eigenvalue weighted by Crippen LogP contribution is -2.29. The molecule has 0 bridgehead atoms. The van der Waals surface area contributed by atoms with Gasteiger partial charge in [-0.3, -0.25) is 4.79 Å². The molecule has 0 radical (unpaired) electrons. The molecule has 0 aliphatic carbocycles. The third kappa shape index (κ3) is 1.66. The SMILES string of the molecule is COC(=O)C1=Nc2ccccc2CC1=O. The molecule has 1 heterocycles. The summed E-state index contributed by atoms with van der Waals surface area (Å²) < 4.78 is 4.48. The van der Waals surface area contributed by atoms with Crippen LogP contribution < -0.4 is 0 Å². The molecule has 4 heteroatoms. The zero-order valence-corrected chi connectivity index (χ0v) is 8.19. The van der Waals surface area contributed by atoms with Crippen LogP contribution in [0.2, 0.25) is 0 Å². The fraction of sp³-hybridized carbons (Fsp3) is 0.182. The summed E-state index contributed by atoms with van der Waals surface area (Å²) in [5, 5.41) is 0. The molecule has 1 aliphatic rings. The van der Waals surface area contributed by atoms with Crippen molar-refractivity contribution in [1.29, 1.82) is 0 Å². The molecular weight excluding hydrogens is 194 g/mol. The minimum atomic E-state index is -0.672. The van der Waals surface area contributed by atoms with E-state index in [1.54, 1.807) is 6.07 Å². The number of rotatable bonds is 1. The zero-order valence-electron chi connectivity index (χ0n) is 8.19. The van der Waals surface area contributed by atoms with E-state index in [2.05, 4.69) is 9.73 Å². The Morgan fingerprint density at radius 3 is 2.87 bits per heavy atom. The second-order valence-corrected chi connectivity index (χ2v) is 3.18. The molecule has 15 heavy (non-hydrogen) atoms. The van der Waals surface area contributed by atoms with Crippen LogP contribution in [-0.2, 0) is 20.7 Å². The van der Waals surface area contributed by atoms with Gasteiger partial charge in [-0.15, -0.1) is 0 Å². The predicted octanol–water partition coefficient (Wildman–Crippen LogP) is 1.06. The smallest absolute Gasteiger partial charge is 0.360 e. The minimum absolute atomic E-state index is 0.115. The standard InChI is InChI=1S/C11H9NO3/c1-15-11(14)10-9(13)6-7-4-2-3-5-8(7)12-10/h2-5H,6H2,1H3. The largest absolute Gasteiger partial charge is 0.464 e. The number of carbonyl (C=O) groups is 2. The molecule has 4 nitrogen and oxygen atoms in total. The maximum atomic E-state index is 11.5. The number of carbonyl (C=O) groups excluding carboxylic acids is 2. The molecule has 2 rings (SSSR count). The second kappa shape index (κ2) is 3.65. The summed E-state index contributed by atoms with van der Waals surface area (Å²) in [7, 11) is 1.23. The van der Waals surface area contributed by atoms with Crippen LogP contribution in [0.5, 0.6) is 0 Å². The molecule has 0 spiro atoms. The fourth-order valence-electron chi connectivity index (χ4n) is 1.47. The first kappa shape index (κ1) is 9.58. The maximum Gasteiger partial charge on any atom is 0.360 e. The quantitative estimate of drug-likeness (QED) is 0.641. The van der Waals surface area contributed by atoms with Crippen LogP contribution in [-0.4, -0.2) is 24.6 Å². The normalized spacial score (nSPS) is 14.2. The molecule has 0 fully saturated rings. The summed E-state index contributed by atoms with van der Waals surface area (Å²) in [6.45, 7) is 0. The summed E-state index contributed by atoms with van der Waals surface area (Å²) >= 11 is 0. The molecule has 0 atom stereocenters. The Hall–Kier alpha value is -1.97. The van der Waals surface area contributed by atoms with Gasteiger partial charge in [-0.25, -0.2) is 9.79 Å². The van der Waals surface area contributed by atoms with Gasteiger partial charge in [0, 0.05) is 6.42 Å². The molecule has 0 amide bonds. The Labute approximate surface area is 86.6 Å². The number of hydrogen-bond donors (Lipinski definition) is 0. The van der Waals surface area contributed by atoms with Gasteiger partial charge in [0.2, 0.25) is 0 Å². The van der Waals surface area contributed by atoms with Crippen molar-refractivity contribution in [1.82, 2.24) is 0 Å². The lowest BCUT2D eigenvalue weighted by Gasteiger charge is -2.12. The number of aliphatic imine (C=N–C) groups is 1. The molecule has 0 saturated heterocycles. The number of esters is 1. The highest BCUT2D eigenvalue weighted by Crippen LogP contribution is 2.23. The minimum Gasteiger partial charge on any atom is -0.464 e. The van der Waals surface area contributed by atoms with Crippen molar-refractivity contribution in [2.75, 3.05) is 7.11 Å². The highest BCUT2D eigenvalue weighted by Gasteiger charge is 2.26. The third-order valence-corrected chi connectivity index (χ3v) is 2.22. The molecule has 0 N–H and O–H groups in total. The number of hydrogen-bond acceptors (Lipinski definition) is 4. The van der Waals surface area contributed by atoms with Crippen LogP contribution in [0.4, 0.5) is 5.69 Å². The van der Waals surface area contributed by atoms with Crippen LogP contribution in [0.3, 0.4) is 0 Å². The molecule has 76 valence electrons. The van der Waals surface area contributed by atoms with Crippen LogP contribution in [0, 0.1) is 0 Å². The Bertz CT molecular complexity index is 463. The predicted molar refractivity (Wildman–Crippen MR) is 54.3 cm³/mol. The lowest BCUT2D eigenvalue weighted by atomic mass is 10.0. The third-order valence-electron chi connectivity index (χ3n) is 2.22. The van der Waals surface area contributed by atoms with E-state index < -0.39 is 5.97 Å². The number of ether oxygens (including phenoxy) is 1. The van der Waals surface area contributed by atoms with Gasteiger partial charge in [-0.1, -0.05) is 18.2 Å². The number of ketones is 1. The van der Waals surface area contributed by atoms with Gasteiger partial charge in [-0.05, 0) is 11.6 Å². The summed E-state index contributed by atoms with van der Waals surface area (Å²) in [4.78, 5) is 26.7. The van der Waals surface area contributed by atoms with Crippen LogP contribution in [0.25, 0.3) is 0 Å². The highest BCUT2D eigenvalue weighted by molar-refractivity contribution is 6.65. The highest BCUT2D eigenvalue weighted by atomic mass is 16.5. The van der Waals surface area contributed by atoms with Crippen molar-refractivity contribution in [3.8, 4) is 0 Å². The number of nitrogens with zero attached hydrogens (tertiary/aromatic N) is 1. The molecule has 1 aromatic carbocycles. The number of methoxy groups -OCH3 is 1. The van der Waals surface area contributed by atoms with E-state index in [-0.39, 0.29) is 17.9 Å². The van der Waals surface area contributed by atoms with E-state index in [9.17, 15) is 9.59 Å². The number of fused-ring (bicyclic) bond motifs is 1. The molecular formula is C11H9NO3. The average molecular weight is 203 g/mol. The molecule has 1 aromatic rings. The van der Waals surface area contributed by atoms with E-state index in [0.29, 0.717) is 5.69 Å². The van der Waals surface area contributed by atoms with Gasteiger partial charge in [0.15, 0.2) is 11.5 Å². The first-order chi connectivity index (χ1) is 7.22. The van der Waals surface area contributed by atoms with Gasteiger partial charge in [-0.2, -0.15) is 0 Å². The zero-order chi connectivity index (χ0) is 10.8. The molecule has 0 saturated carbocycles. The van der Waals surface area contributed by atoms with Crippen molar-refractivity contribution in [3.63, 3.8) is 0 Å². The first-order valence-corrected chi connectivity index (χ1v) is 4.50. The molecule has 0 aromatic heterocycles. The van der Waals surface area contributed by atoms with E-state index in [1.165, 1.54) is 7.11 Å². The van der Waals surface area contributed by atoms with Gasteiger partial charge in [0.25, 0.3) is 0 Å². The molecule has 1 aliphatic heterocycles. The summed E-state index contributed by atoms with van der Waals surface area (Å²) in [6.07, 6.45) is 0.212. The van der Waals surface area contributed by atoms with Gasteiger partial charge in [0.05, 0.1) is 12.8 Å². The van der Waals surface area contributed by atoms with Crippen molar-refractivity contribution in [3.05, 3.63) is 29.8 Å². The number of benzene rings is 1. The Balaban J connectivity index is 2.47. The fourth-order valence-corrected chi connectivity index (χ4v) is 1.47. The number of para-hydroxylation sites is 1. The second-order valence-electron chi connectivity index (χ2n) is 3.18. The maximum absolute atomic E-state index is 11.5. The van der Waals surface area contributed by atoms with Crippen molar-refractivity contribution in [2.45, 2.75) is 6.42 Å². The van der Waals surface area contributed by atoms with Crippen molar-refractivity contribution < 1.29 is 14.3 Å². The summed E-state index contributed by atoms with van der Waals surface area (Å²) in [5.74, 6) is -0.963.